The molecule has 0 radical (unpaired) electrons. The van der Waals surface area contributed by atoms with Gasteiger partial charge in [0.1, 0.15) is 5.60 Å². The third-order valence-electron chi connectivity index (χ3n) is 4.81. The highest BCUT2D eigenvalue weighted by Gasteiger charge is 2.56. The van der Waals surface area contributed by atoms with Crippen LogP contribution in [0.4, 0.5) is 4.79 Å². The molecule has 1 spiro atoms. The van der Waals surface area contributed by atoms with Gasteiger partial charge in [-0.15, -0.1) is 0 Å². The van der Waals surface area contributed by atoms with Gasteiger partial charge in [-0.1, -0.05) is 19.3 Å². The molecule has 1 amide bonds. The van der Waals surface area contributed by atoms with Crippen molar-refractivity contribution in [2.75, 3.05) is 19.7 Å². The molecule has 2 aliphatic rings. The molecule has 0 aromatic carbocycles. The predicted octanol–water partition coefficient (Wildman–Crippen LogP) is 3.78. The number of carbonyl (C=O) groups excluding carboxylic acids is 1. The van der Waals surface area contributed by atoms with E-state index in [0.29, 0.717) is 6.54 Å². The highest BCUT2D eigenvalue weighted by Crippen LogP contribution is 2.61. The standard InChI is InChI=1S/C16H30NO5P/c1-5-21-23(19,20)13-11-17(14(18)22-15(2,3)4)12-16(13)9-7-6-8-10-16/h13H,5-12H2,1-4H3,(H,19,20). The lowest BCUT2D eigenvalue weighted by molar-refractivity contribution is 0.0262. The summed E-state index contributed by atoms with van der Waals surface area (Å²) >= 11 is 0. The van der Waals surface area contributed by atoms with E-state index < -0.39 is 24.9 Å². The van der Waals surface area contributed by atoms with Gasteiger partial charge in [-0.25, -0.2) is 4.79 Å². The molecule has 2 fully saturated rings. The van der Waals surface area contributed by atoms with E-state index in [1.165, 1.54) is 0 Å². The van der Waals surface area contributed by atoms with Gasteiger partial charge in [0.2, 0.25) is 0 Å². The molecule has 1 heterocycles. The molecular formula is C16H30NO5P. The lowest BCUT2D eigenvalue weighted by atomic mass is 9.73. The summed E-state index contributed by atoms with van der Waals surface area (Å²) in [5, 5.41) is 0. The fourth-order valence-electron chi connectivity index (χ4n) is 3.89. The molecule has 6 nitrogen and oxygen atoms in total. The van der Waals surface area contributed by atoms with Crippen molar-refractivity contribution >= 4 is 13.7 Å². The van der Waals surface area contributed by atoms with E-state index >= 15 is 0 Å². The number of rotatable bonds is 3. The Kier molecular flexibility index (Phi) is 5.49. The Hall–Kier alpha value is -0.580. The molecule has 0 aromatic heterocycles. The number of ether oxygens (including phenoxy) is 1. The topological polar surface area (TPSA) is 76.1 Å². The summed E-state index contributed by atoms with van der Waals surface area (Å²) in [4.78, 5) is 24.4. The molecule has 1 N–H and O–H groups in total. The zero-order valence-corrected chi connectivity index (χ0v) is 15.6. The summed E-state index contributed by atoms with van der Waals surface area (Å²) in [6.45, 7) is 8.13. The Morgan fingerprint density at radius 2 is 1.91 bits per heavy atom. The molecule has 7 heteroatoms. The van der Waals surface area contributed by atoms with Crippen LogP contribution in [-0.2, 0) is 13.8 Å². The maximum atomic E-state index is 12.7. The number of hydrogen-bond donors (Lipinski definition) is 1. The molecule has 1 saturated carbocycles. The molecular weight excluding hydrogens is 317 g/mol. The van der Waals surface area contributed by atoms with Gasteiger partial charge in [-0.2, -0.15) is 0 Å². The highest BCUT2D eigenvalue weighted by molar-refractivity contribution is 7.53. The van der Waals surface area contributed by atoms with Crippen molar-refractivity contribution in [3.8, 4) is 0 Å². The Bertz CT molecular complexity index is 481. The van der Waals surface area contributed by atoms with Crippen LogP contribution in [0.15, 0.2) is 0 Å². The summed E-state index contributed by atoms with van der Waals surface area (Å²) in [6.07, 6.45) is 4.55. The smallest absolute Gasteiger partial charge is 0.410 e. The Morgan fingerprint density at radius 3 is 2.43 bits per heavy atom. The lowest BCUT2D eigenvalue weighted by Gasteiger charge is -2.38. The number of amides is 1. The fraction of sp³-hybridized carbons (Fsp3) is 0.938. The van der Waals surface area contributed by atoms with E-state index in [-0.39, 0.29) is 18.6 Å². The highest BCUT2D eigenvalue weighted by atomic mass is 31.2. The zero-order chi connectivity index (χ0) is 17.3. The van der Waals surface area contributed by atoms with Crippen LogP contribution in [0.25, 0.3) is 0 Å². The normalized spacial score (nSPS) is 27.0. The Balaban J connectivity index is 2.22. The van der Waals surface area contributed by atoms with E-state index in [2.05, 4.69) is 0 Å². The van der Waals surface area contributed by atoms with Crippen molar-refractivity contribution in [3.63, 3.8) is 0 Å². The van der Waals surface area contributed by atoms with E-state index in [0.717, 1.165) is 32.1 Å². The first-order valence-corrected chi connectivity index (χ1v) is 10.2. The molecule has 2 rings (SSSR count). The molecule has 1 aliphatic heterocycles. The average Bonchev–Trinajstić information content (AvgIpc) is 2.78. The summed E-state index contributed by atoms with van der Waals surface area (Å²) < 4.78 is 23.4. The van der Waals surface area contributed by atoms with Crippen LogP contribution in [-0.4, -0.2) is 46.8 Å². The van der Waals surface area contributed by atoms with Gasteiger partial charge in [-0.05, 0) is 40.5 Å². The van der Waals surface area contributed by atoms with Crippen molar-refractivity contribution in [3.05, 3.63) is 0 Å². The SMILES string of the molecule is CCOP(=O)(O)C1CN(C(=O)OC(C)(C)C)CC12CCCCC2. The monoisotopic (exact) mass is 347 g/mol. The van der Waals surface area contributed by atoms with Crippen LogP contribution in [0.5, 0.6) is 0 Å². The van der Waals surface area contributed by atoms with Gasteiger partial charge >= 0.3 is 13.7 Å². The van der Waals surface area contributed by atoms with Crippen molar-refractivity contribution in [2.24, 2.45) is 5.41 Å². The number of hydrogen-bond acceptors (Lipinski definition) is 4. The predicted molar refractivity (Wildman–Crippen MR) is 88.6 cm³/mol. The van der Waals surface area contributed by atoms with Crippen molar-refractivity contribution in [1.82, 2.24) is 4.90 Å². The molecule has 1 saturated heterocycles. The second-order valence-electron chi connectivity index (χ2n) is 7.78. The Morgan fingerprint density at radius 1 is 1.30 bits per heavy atom. The quantitative estimate of drug-likeness (QED) is 0.786. The number of likely N-dealkylation sites (tertiary alicyclic amines) is 1. The van der Waals surface area contributed by atoms with E-state index in [9.17, 15) is 14.3 Å². The van der Waals surface area contributed by atoms with E-state index in [4.69, 9.17) is 9.26 Å². The molecule has 0 aromatic rings. The number of carbonyl (C=O) groups is 1. The van der Waals surface area contributed by atoms with Gasteiger partial charge < -0.3 is 19.1 Å². The van der Waals surface area contributed by atoms with Gasteiger partial charge in [0.15, 0.2) is 0 Å². The minimum atomic E-state index is -3.75. The maximum Gasteiger partial charge on any atom is 0.410 e. The molecule has 134 valence electrons. The first-order chi connectivity index (χ1) is 10.6. The summed E-state index contributed by atoms with van der Waals surface area (Å²) in [7, 11) is -3.75. The van der Waals surface area contributed by atoms with Crippen LogP contribution in [0.2, 0.25) is 0 Å². The summed E-state index contributed by atoms with van der Waals surface area (Å²) in [5.41, 5.74) is -1.39. The first-order valence-electron chi connectivity index (χ1n) is 8.55. The number of nitrogens with zero attached hydrogens (tertiary/aromatic N) is 1. The third kappa shape index (κ3) is 4.28. The molecule has 2 atom stereocenters. The molecule has 23 heavy (non-hydrogen) atoms. The van der Waals surface area contributed by atoms with Gasteiger partial charge in [0.05, 0.1) is 12.3 Å². The average molecular weight is 347 g/mol. The molecule has 2 unspecified atom stereocenters. The second-order valence-corrected chi connectivity index (χ2v) is 9.79. The molecule has 0 bridgehead atoms. The minimum absolute atomic E-state index is 0.201. The third-order valence-corrected chi connectivity index (χ3v) is 6.94. The van der Waals surface area contributed by atoms with Crippen molar-refractivity contribution in [1.29, 1.82) is 0 Å². The van der Waals surface area contributed by atoms with Crippen molar-refractivity contribution in [2.45, 2.75) is 71.1 Å². The first kappa shape index (κ1) is 18.8. The van der Waals surface area contributed by atoms with Crippen LogP contribution < -0.4 is 0 Å². The lowest BCUT2D eigenvalue weighted by Crippen LogP contribution is -2.38. The maximum absolute atomic E-state index is 12.7. The van der Waals surface area contributed by atoms with Crippen LogP contribution >= 0.6 is 7.60 Å². The minimum Gasteiger partial charge on any atom is -0.444 e. The van der Waals surface area contributed by atoms with Gasteiger partial charge in [0.25, 0.3) is 0 Å². The zero-order valence-electron chi connectivity index (χ0n) is 14.7. The van der Waals surface area contributed by atoms with E-state index in [1.807, 2.05) is 20.8 Å². The Labute approximate surface area is 139 Å². The van der Waals surface area contributed by atoms with Gasteiger partial charge in [-0.3, -0.25) is 4.57 Å². The molecule has 1 aliphatic carbocycles. The van der Waals surface area contributed by atoms with Crippen LogP contribution in [0.3, 0.4) is 0 Å². The summed E-state index contributed by atoms with van der Waals surface area (Å²) in [6, 6.07) is 0. The largest absolute Gasteiger partial charge is 0.444 e. The van der Waals surface area contributed by atoms with Gasteiger partial charge in [0, 0.05) is 18.5 Å². The van der Waals surface area contributed by atoms with E-state index in [1.54, 1.807) is 11.8 Å². The van der Waals surface area contributed by atoms with Crippen molar-refractivity contribution < 1.29 is 23.5 Å². The fourth-order valence-corrected chi connectivity index (χ4v) is 5.87. The summed E-state index contributed by atoms with van der Waals surface area (Å²) in [5.74, 6) is 0. The van der Waals surface area contributed by atoms with Crippen LogP contribution in [0, 0.1) is 5.41 Å². The van der Waals surface area contributed by atoms with Crippen LogP contribution in [0.1, 0.15) is 59.8 Å². The second kappa shape index (κ2) is 6.73.